The van der Waals surface area contributed by atoms with Gasteiger partial charge in [-0.15, -0.1) is 0 Å². The van der Waals surface area contributed by atoms with Gasteiger partial charge in [-0.3, -0.25) is 4.79 Å². The zero-order valence-corrected chi connectivity index (χ0v) is 12.2. The molecule has 0 aliphatic heterocycles. The van der Waals surface area contributed by atoms with E-state index in [1.165, 1.54) is 0 Å². The van der Waals surface area contributed by atoms with Crippen LogP contribution in [0.4, 0.5) is 0 Å². The summed E-state index contributed by atoms with van der Waals surface area (Å²) in [6.07, 6.45) is 3.65. The number of aryl methyl sites for hydroxylation is 1. The van der Waals surface area contributed by atoms with E-state index < -0.39 is 0 Å². The Labute approximate surface area is 125 Å². The smallest absolute Gasteiger partial charge is 0.267 e. The van der Waals surface area contributed by atoms with E-state index in [1.54, 1.807) is 12.3 Å². The van der Waals surface area contributed by atoms with Gasteiger partial charge in [-0.05, 0) is 36.6 Å². The fourth-order valence-electron chi connectivity index (χ4n) is 1.93. The molecule has 0 unspecified atom stereocenters. The van der Waals surface area contributed by atoms with Crippen LogP contribution in [0.1, 0.15) is 28.4 Å². The van der Waals surface area contributed by atoms with Gasteiger partial charge in [-0.2, -0.15) is 5.10 Å². The highest BCUT2D eigenvalue weighted by atomic mass is 16.2. The molecule has 0 aliphatic carbocycles. The van der Waals surface area contributed by atoms with Gasteiger partial charge in [0.25, 0.3) is 5.91 Å². The lowest BCUT2D eigenvalue weighted by Gasteiger charge is -2.03. The summed E-state index contributed by atoms with van der Waals surface area (Å²) < 4.78 is 0. The fraction of sp³-hybridized carbons (Fsp3) is 0.111. The summed E-state index contributed by atoms with van der Waals surface area (Å²) in [6.45, 7) is 3.84. The zero-order valence-electron chi connectivity index (χ0n) is 12.2. The average molecular weight is 278 g/mol. The maximum atomic E-state index is 12.0. The third-order valence-electron chi connectivity index (χ3n) is 3.02. The Morgan fingerprint density at radius 2 is 1.71 bits per heavy atom. The van der Waals surface area contributed by atoms with Crippen LogP contribution in [0.15, 0.2) is 65.3 Å². The van der Waals surface area contributed by atoms with E-state index in [0.717, 1.165) is 16.7 Å². The number of carbonyl (C=O) groups is 1. The van der Waals surface area contributed by atoms with E-state index >= 15 is 0 Å². The average Bonchev–Trinajstić information content (AvgIpc) is 2.48. The number of hydrogen-bond acceptors (Lipinski definition) is 2. The Bertz CT molecular complexity index is 673. The van der Waals surface area contributed by atoms with Crippen LogP contribution >= 0.6 is 0 Å². The molecule has 1 amide bonds. The molecule has 0 spiro atoms. The monoisotopic (exact) mass is 278 g/mol. The van der Waals surface area contributed by atoms with E-state index in [9.17, 15) is 4.79 Å². The molecule has 21 heavy (non-hydrogen) atoms. The standard InChI is InChI=1S/C18H18N2O/c1-14(12-16-9-4-3-5-10-16)13-19-20-18(21)17-11-7-6-8-15(17)2/h3-13H,1-2H3,(H,20,21)/b14-12+,19-13+. The summed E-state index contributed by atoms with van der Waals surface area (Å²) in [5.74, 6) is -0.197. The second-order valence-corrected chi connectivity index (χ2v) is 4.81. The first kappa shape index (κ1) is 14.7. The molecule has 1 N–H and O–H groups in total. The molecule has 0 aromatic heterocycles. The van der Waals surface area contributed by atoms with Crippen LogP contribution in [0.2, 0.25) is 0 Å². The number of rotatable bonds is 4. The number of amides is 1. The van der Waals surface area contributed by atoms with Crippen LogP contribution in [-0.4, -0.2) is 12.1 Å². The number of nitrogens with one attached hydrogen (secondary N) is 1. The molecule has 0 saturated carbocycles. The number of hydrazone groups is 1. The van der Waals surface area contributed by atoms with E-state index in [1.807, 2.05) is 68.5 Å². The third kappa shape index (κ3) is 4.42. The molecule has 0 saturated heterocycles. The Hall–Kier alpha value is -2.68. The maximum absolute atomic E-state index is 12.0. The molecule has 0 heterocycles. The second kappa shape index (κ2) is 7.20. The highest BCUT2D eigenvalue weighted by Gasteiger charge is 2.05. The zero-order chi connectivity index (χ0) is 15.1. The van der Waals surface area contributed by atoms with Gasteiger partial charge in [-0.25, -0.2) is 5.43 Å². The minimum atomic E-state index is -0.197. The van der Waals surface area contributed by atoms with Crippen molar-refractivity contribution in [1.29, 1.82) is 0 Å². The molecular weight excluding hydrogens is 260 g/mol. The van der Waals surface area contributed by atoms with Crippen molar-refractivity contribution in [1.82, 2.24) is 5.43 Å². The number of allylic oxidation sites excluding steroid dienone is 1. The van der Waals surface area contributed by atoms with Crippen molar-refractivity contribution in [2.24, 2.45) is 5.10 Å². The van der Waals surface area contributed by atoms with Crippen LogP contribution < -0.4 is 5.43 Å². The second-order valence-electron chi connectivity index (χ2n) is 4.81. The third-order valence-corrected chi connectivity index (χ3v) is 3.02. The highest BCUT2D eigenvalue weighted by Crippen LogP contribution is 2.07. The maximum Gasteiger partial charge on any atom is 0.271 e. The van der Waals surface area contributed by atoms with Crippen molar-refractivity contribution in [3.8, 4) is 0 Å². The summed E-state index contributed by atoms with van der Waals surface area (Å²) >= 11 is 0. The van der Waals surface area contributed by atoms with E-state index in [0.29, 0.717) is 5.56 Å². The minimum Gasteiger partial charge on any atom is -0.267 e. The van der Waals surface area contributed by atoms with Crippen molar-refractivity contribution >= 4 is 18.2 Å². The van der Waals surface area contributed by atoms with Crippen molar-refractivity contribution < 1.29 is 4.79 Å². The van der Waals surface area contributed by atoms with Crippen LogP contribution in [-0.2, 0) is 0 Å². The summed E-state index contributed by atoms with van der Waals surface area (Å²) in [7, 11) is 0. The van der Waals surface area contributed by atoms with Crippen LogP contribution in [0, 0.1) is 6.92 Å². The Morgan fingerprint density at radius 1 is 1.05 bits per heavy atom. The van der Waals surface area contributed by atoms with Crippen molar-refractivity contribution in [3.05, 3.63) is 76.9 Å². The fourth-order valence-corrected chi connectivity index (χ4v) is 1.93. The number of nitrogens with zero attached hydrogens (tertiary/aromatic N) is 1. The van der Waals surface area contributed by atoms with Crippen LogP contribution in [0.25, 0.3) is 6.08 Å². The van der Waals surface area contributed by atoms with Gasteiger partial charge in [-0.1, -0.05) is 54.6 Å². The first-order valence-corrected chi connectivity index (χ1v) is 6.79. The van der Waals surface area contributed by atoms with Crippen molar-refractivity contribution in [3.63, 3.8) is 0 Å². The van der Waals surface area contributed by atoms with Gasteiger partial charge in [0.1, 0.15) is 0 Å². The van der Waals surface area contributed by atoms with Crippen molar-refractivity contribution in [2.75, 3.05) is 0 Å². The lowest BCUT2D eigenvalue weighted by atomic mass is 10.1. The predicted octanol–water partition coefficient (Wildman–Crippen LogP) is 3.81. The summed E-state index contributed by atoms with van der Waals surface area (Å²) in [4.78, 5) is 12.0. The van der Waals surface area contributed by atoms with E-state index in [4.69, 9.17) is 0 Å². The van der Waals surface area contributed by atoms with Gasteiger partial charge in [0.2, 0.25) is 0 Å². The molecule has 106 valence electrons. The van der Waals surface area contributed by atoms with E-state index in [-0.39, 0.29) is 5.91 Å². The summed E-state index contributed by atoms with van der Waals surface area (Å²) in [6, 6.07) is 17.4. The van der Waals surface area contributed by atoms with E-state index in [2.05, 4.69) is 10.5 Å². The van der Waals surface area contributed by atoms with Gasteiger partial charge in [0.05, 0.1) is 6.21 Å². The topological polar surface area (TPSA) is 41.5 Å². The summed E-state index contributed by atoms with van der Waals surface area (Å²) in [5, 5.41) is 3.99. The molecule has 0 aliphatic rings. The molecule has 0 fully saturated rings. The normalized spacial score (nSPS) is 11.6. The molecule has 0 atom stereocenters. The molecule has 2 rings (SSSR count). The lowest BCUT2D eigenvalue weighted by molar-refractivity contribution is 0.0954. The first-order valence-electron chi connectivity index (χ1n) is 6.79. The minimum absolute atomic E-state index is 0.197. The molecule has 3 heteroatoms. The molecule has 0 bridgehead atoms. The largest absolute Gasteiger partial charge is 0.271 e. The predicted molar refractivity (Wildman–Crippen MR) is 87.2 cm³/mol. The van der Waals surface area contributed by atoms with Gasteiger partial charge in [0, 0.05) is 5.56 Å². The molecule has 2 aromatic rings. The van der Waals surface area contributed by atoms with Crippen LogP contribution in [0.5, 0.6) is 0 Å². The van der Waals surface area contributed by atoms with Crippen molar-refractivity contribution in [2.45, 2.75) is 13.8 Å². The van der Waals surface area contributed by atoms with Gasteiger partial charge in [0.15, 0.2) is 0 Å². The molecule has 3 nitrogen and oxygen atoms in total. The lowest BCUT2D eigenvalue weighted by Crippen LogP contribution is -2.18. The molecule has 0 radical (unpaired) electrons. The number of hydrogen-bond donors (Lipinski definition) is 1. The number of benzene rings is 2. The number of carbonyl (C=O) groups excluding carboxylic acids is 1. The summed E-state index contributed by atoms with van der Waals surface area (Å²) in [5.41, 5.74) is 6.18. The SMILES string of the molecule is CC(/C=N/NC(=O)c1ccccc1C)=C\c1ccccc1. The molecule has 2 aromatic carbocycles. The Balaban J connectivity index is 1.98. The Morgan fingerprint density at radius 3 is 2.43 bits per heavy atom. The molecular formula is C18H18N2O. The quantitative estimate of drug-likeness (QED) is 0.670. The van der Waals surface area contributed by atoms with Gasteiger partial charge < -0.3 is 0 Å². The van der Waals surface area contributed by atoms with Gasteiger partial charge >= 0.3 is 0 Å². The Kier molecular flexibility index (Phi) is 5.04. The first-order chi connectivity index (χ1) is 10.2. The highest BCUT2D eigenvalue weighted by molar-refractivity contribution is 5.96. The van der Waals surface area contributed by atoms with Crippen LogP contribution in [0.3, 0.4) is 0 Å².